The van der Waals surface area contributed by atoms with Gasteiger partial charge in [0.1, 0.15) is 0 Å². The molecule has 0 aromatic rings. The van der Waals surface area contributed by atoms with Crippen LogP contribution in [0.5, 0.6) is 0 Å². The van der Waals surface area contributed by atoms with Crippen LogP contribution in [0.1, 0.15) is 45.4 Å². The fraction of sp³-hybridized carbons (Fsp3) is 0.938. The number of rotatable bonds is 6. The minimum absolute atomic E-state index is 0.0218. The number of ether oxygens (including phenoxy) is 1. The lowest BCUT2D eigenvalue weighted by Gasteiger charge is -2.61. The minimum Gasteiger partial charge on any atom is -0.458 e. The van der Waals surface area contributed by atoms with Crippen LogP contribution in [0.4, 0.5) is 8.78 Å². The topological polar surface area (TPSA) is 101 Å². The molecule has 4 saturated carbocycles. The molecule has 4 fully saturated rings. The summed E-state index contributed by atoms with van der Waals surface area (Å²) in [5, 5.41) is 6.64. The highest BCUT2D eigenvalue weighted by Gasteiger charge is 2.62. The van der Waals surface area contributed by atoms with Crippen molar-refractivity contribution in [3.05, 3.63) is 0 Å². The summed E-state index contributed by atoms with van der Waals surface area (Å²) in [5.74, 6) is -1.39. The Labute approximate surface area is 145 Å². The molecule has 4 aliphatic rings. The Morgan fingerprint density at radius 1 is 1.28 bits per heavy atom. The van der Waals surface area contributed by atoms with Crippen molar-refractivity contribution in [2.24, 2.45) is 29.6 Å². The first-order valence-electron chi connectivity index (χ1n) is 8.73. The molecule has 0 aliphatic heterocycles. The molecule has 0 aromatic carbocycles. The van der Waals surface area contributed by atoms with Crippen LogP contribution in [0.25, 0.3) is 0 Å². The van der Waals surface area contributed by atoms with Crippen LogP contribution in [0, 0.1) is 29.6 Å². The molecule has 0 amide bonds. The average Bonchev–Trinajstić information content (AvgIpc) is 2.49. The number of aliphatic hydroxyl groups is 1. The van der Waals surface area contributed by atoms with Crippen molar-refractivity contribution in [2.45, 2.75) is 56.3 Å². The van der Waals surface area contributed by atoms with Crippen molar-refractivity contribution in [3.8, 4) is 0 Å². The van der Waals surface area contributed by atoms with Gasteiger partial charge < -0.3 is 9.84 Å². The molecule has 6 unspecified atom stereocenters. The van der Waals surface area contributed by atoms with E-state index in [1.807, 2.05) is 6.92 Å². The molecule has 25 heavy (non-hydrogen) atoms. The molecule has 0 radical (unpaired) electrons. The quantitative estimate of drug-likeness (QED) is 0.540. The summed E-state index contributed by atoms with van der Waals surface area (Å²) in [5.41, 5.74) is -0.989. The van der Waals surface area contributed by atoms with Gasteiger partial charge in [0.05, 0.1) is 11.5 Å². The monoisotopic (exact) mass is 382 g/mol. The van der Waals surface area contributed by atoms with E-state index in [1.54, 1.807) is 0 Å². The summed E-state index contributed by atoms with van der Waals surface area (Å²) >= 11 is 0. The molecule has 4 bridgehead atoms. The summed E-state index contributed by atoms with van der Waals surface area (Å²) in [7, 11) is -5.64. The molecule has 0 saturated heterocycles. The lowest BCUT2D eigenvalue weighted by molar-refractivity contribution is -0.216. The lowest BCUT2D eigenvalue weighted by atomic mass is 9.45. The predicted octanol–water partition coefficient (Wildman–Crippen LogP) is 2.22. The van der Waals surface area contributed by atoms with E-state index < -0.39 is 39.5 Å². The summed E-state index contributed by atoms with van der Waals surface area (Å²) < 4.78 is 61.1. The molecule has 6 atom stereocenters. The zero-order chi connectivity index (χ0) is 18.6. The van der Waals surface area contributed by atoms with Gasteiger partial charge in [-0.2, -0.15) is 17.2 Å². The maximum absolute atomic E-state index is 13.3. The molecule has 9 heteroatoms. The van der Waals surface area contributed by atoms with E-state index in [1.165, 1.54) is 0 Å². The first-order chi connectivity index (χ1) is 11.5. The van der Waals surface area contributed by atoms with E-state index in [0.29, 0.717) is 25.2 Å². The summed E-state index contributed by atoms with van der Waals surface area (Å²) in [6.07, 6.45) is 4.37. The van der Waals surface area contributed by atoms with Crippen LogP contribution in [0.15, 0.2) is 0 Å². The zero-order valence-corrected chi connectivity index (χ0v) is 14.8. The van der Waals surface area contributed by atoms with Crippen LogP contribution in [0.3, 0.4) is 0 Å². The van der Waals surface area contributed by atoms with Gasteiger partial charge in [-0.1, -0.05) is 13.3 Å². The highest BCUT2D eigenvalue weighted by atomic mass is 32.2. The summed E-state index contributed by atoms with van der Waals surface area (Å²) in [4.78, 5) is 12.5. The molecule has 0 spiro atoms. The van der Waals surface area contributed by atoms with Gasteiger partial charge in [0.25, 0.3) is 0 Å². The SMILES string of the molecule is CCCC1(O)C2CC3CC(C2)C(C(=O)OCC(F)(F)S(=O)(=O)O)C1C3. The maximum Gasteiger partial charge on any atom is 0.402 e. The molecule has 6 nitrogen and oxygen atoms in total. The predicted molar refractivity (Wildman–Crippen MR) is 83.2 cm³/mol. The average molecular weight is 382 g/mol. The second-order valence-corrected chi connectivity index (χ2v) is 9.41. The van der Waals surface area contributed by atoms with Crippen LogP contribution in [0.2, 0.25) is 0 Å². The molecule has 4 rings (SSSR count). The van der Waals surface area contributed by atoms with Crippen LogP contribution in [-0.2, 0) is 19.6 Å². The number of carbonyl (C=O) groups is 1. The Hall–Kier alpha value is -0.800. The largest absolute Gasteiger partial charge is 0.458 e. The van der Waals surface area contributed by atoms with Gasteiger partial charge in [-0.15, -0.1) is 0 Å². The van der Waals surface area contributed by atoms with Gasteiger partial charge in [0.15, 0.2) is 6.61 Å². The normalized spacial score (nSPS) is 40.3. The Morgan fingerprint density at radius 3 is 2.56 bits per heavy atom. The highest BCUT2D eigenvalue weighted by Crippen LogP contribution is 2.62. The summed E-state index contributed by atoms with van der Waals surface area (Å²) in [6.45, 7) is 0.239. The van der Waals surface area contributed by atoms with Crippen molar-refractivity contribution < 1.29 is 36.4 Å². The lowest BCUT2D eigenvalue weighted by Crippen LogP contribution is -2.63. The summed E-state index contributed by atoms with van der Waals surface area (Å²) in [6, 6.07) is 0. The van der Waals surface area contributed by atoms with Crippen molar-refractivity contribution in [1.29, 1.82) is 0 Å². The van der Waals surface area contributed by atoms with Crippen LogP contribution < -0.4 is 0 Å². The second kappa shape index (κ2) is 6.13. The molecule has 2 N–H and O–H groups in total. The first kappa shape index (κ1) is 19.0. The number of hydrogen-bond donors (Lipinski definition) is 2. The third-order valence-electron chi connectivity index (χ3n) is 6.40. The Balaban J connectivity index is 1.76. The standard InChI is InChI=1S/C16H24F2O6S/c1-2-3-15(20)11-5-9-4-10(7-11)13(12(15)6-9)14(19)24-8-16(17,18)25(21,22)23/h9-13,20H,2-8H2,1H3,(H,21,22,23). The Bertz CT molecular complexity index is 651. The molecule has 4 aliphatic carbocycles. The molecular formula is C16H24F2O6S. The minimum atomic E-state index is -5.64. The van der Waals surface area contributed by atoms with E-state index in [0.717, 1.165) is 19.3 Å². The van der Waals surface area contributed by atoms with Crippen molar-refractivity contribution in [1.82, 2.24) is 0 Å². The van der Waals surface area contributed by atoms with Crippen LogP contribution in [-0.4, -0.2) is 41.5 Å². The van der Waals surface area contributed by atoms with Gasteiger partial charge in [-0.05, 0) is 49.9 Å². The fourth-order valence-corrected chi connectivity index (χ4v) is 5.71. The zero-order valence-electron chi connectivity index (χ0n) is 14.0. The van der Waals surface area contributed by atoms with Crippen molar-refractivity contribution in [3.63, 3.8) is 0 Å². The Kier molecular flexibility index (Phi) is 4.65. The maximum atomic E-state index is 13.3. The van der Waals surface area contributed by atoms with Gasteiger partial charge >= 0.3 is 21.3 Å². The number of hydrogen-bond acceptors (Lipinski definition) is 5. The Morgan fingerprint density at radius 2 is 1.96 bits per heavy atom. The van der Waals surface area contributed by atoms with Crippen LogP contribution >= 0.6 is 0 Å². The second-order valence-electron chi connectivity index (χ2n) is 7.86. The number of halogens is 2. The molecular weight excluding hydrogens is 358 g/mol. The first-order valence-corrected chi connectivity index (χ1v) is 10.2. The van der Waals surface area contributed by atoms with Gasteiger partial charge in [0.2, 0.25) is 0 Å². The van der Waals surface area contributed by atoms with Gasteiger partial charge in [-0.3, -0.25) is 9.35 Å². The fourth-order valence-electron chi connectivity index (χ4n) is 5.50. The number of esters is 1. The van der Waals surface area contributed by atoms with E-state index in [4.69, 9.17) is 4.55 Å². The number of carbonyl (C=O) groups excluding carboxylic acids is 1. The van der Waals surface area contributed by atoms with Crippen molar-refractivity contribution >= 4 is 16.1 Å². The third-order valence-corrected chi connectivity index (χ3v) is 7.27. The molecule has 144 valence electrons. The highest BCUT2D eigenvalue weighted by molar-refractivity contribution is 7.86. The number of alkyl halides is 2. The van der Waals surface area contributed by atoms with Crippen molar-refractivity contribution in [2.75, 3.05) is 6.61 Å². The third kappa shape index (κ3) is 3.08. The van der Waals surface area contributed by atoms with E-state index in [-0.39, 0.29) is 17.8 Å². The van der Waals surface area contributed by atoms with E-state index in [9.17, 15) is 27.1 Å². The van der Waals surface area contributed by atoms with E-state index >= 15 is 0 Å². The molecule has 0 heterocycles. The smallest absolute Gasteiger partial charge is 0.402 e. The molecule has 0 aromatic heterocycles. The van der Waals surface area contributed by atoms with Gasteiger partial charge in [-0.25, -0.2) is 0 Å². The van der Waals surface area contributed by atoms with Gasteiger partial charge in [0, 0.05) is 5.92 Å². The van der Waals surface area contributed by atoms with E-state index in [2.05, 4.69) is 4.74 Å².